The summed E-state index contributed by atoms with van der Waals surface area (Å²) in [6.07, 6.45) is 2.57. The number of non-ortho nitro benzene ring substituents is 1. The summed E-state index contributed by atoms with van der Waals surface area (Å²) in [5, 5.41) is 22.4. The van der Waals surface area contributed by atoms with E-state index < -0.39 is 22.7 Å². The van der Waals surface area contributed by atoms with E-state index in [9.17, 15) is 24.8 Å². The van der Waals surface area contributed by atoms with Crippen LogP contribution in [-0.4, -0.2) is 21.9 Å². The van der Waals surface area contributed by atoms with E-state index in [1.165, 1.54) is 24.3 Å². The summed E-state index contributed by atoms with van der Waals surface area (Å²) >= 11 is 0. The van der Waals surface area contributed by atoms with Crippen molar-refractivity contribution in [2.45, 2.75) is 19.8 Å². The van der Waals surface area contributed by atoms with E-state index in [4.69, 9.17) is 0 Å². The maximum atomic E-state index is 12.3. The van der Waals surface area contributed by atoms with Gasteiger partial charge in [0.1, 0.15) is 0 Å². The molecule has 0 saturated carbocycles. The second-order valence-electron chi connectivity index (χ2n) is 5.33. The summed E-state index contributed by atoms with van der Waals surface area (Å²) in [5.41, 5.74) is 1.33. The number of hydrogen-bond donors (Lipinski definition) is 2. The highest BCUT2D eigenvalue weighted by atomic mass is 16.6. The van der Waals surface area contributed by atoms with Crippen LogP contribution in [0.4, 0.5) is 11.4 Å². The number of aliphatic carboxylic acids is 1. The summed E-state index contributed by atoms with van der Waals surface area (Å²) in [5.74, 6) is -2.76. The maximum Gasteiger partial charge on any atom is 0.307 e. The first kappa shape index (κ1) is 15.7. The van der Waals surface area contributed by atoms with Crippen molar-refractivity contribution in [2.75, 3.05) is 5.32 Å². The molecule has 1 aromatic rings. The molecule has 7 heteroatoms. The number of anilines is 1. The van der Waals surface area contributed by atoms with Crippen LogP contribution in [0.1, 0.15) is 19.8 Å². The zero-order chi connectivity index (χ0) is 16.3. The Morgan fingerprint density at radius 2 is 1.91 bits per heavy atom. The zero-order valence-corrected chi connectivity index (χ0v) is 12.0. The molecule has 0 bridgehead atoms. The number of carbonyl (C=O) groups excluding carboxylic acids is 1. The molecular weight excluding hydrogens is 288 g/mol. The van der Waals surface area contributed by atoms with Gasteiger partial charge in [-0.05, 0) is 31.9 Å². The minimum absolute atomic E-state index is 0.0714. The lowest BCUT2D eigenvalue weighted by molar-refractivity contribution is -0.384. The Morgan fingerprint density at radius 1 is 1.27 bits per heavy atom. The number of carboxylic acid groups (broad SMARTS) is 1. The van der Waals surface area contributed by atoms with Crippen molar-refractivity contribution < 1.29 is 19.6 Å². The van der Waals surface area contributed by atoms with Gasteiger partial charge < -0.3 is 10.4 Å². The normalized spacial score (nSPS) is 20.9. The second kappa shape index (κ2) is 6.38. The van der Waals surface area contributed by atoms with Gasteiger partial charge in [0.2, 0.25) is 5.91 Å². The number of hydrogen-bond acceptors (Lipinski definition) is 4. The smallest absolute Gasteiger partial charge is 0.307 e. The quantitative estimate of drug-likeness (QED) is 0.504. The molecule has 0 aliphatic heterocycles. The number of allylic oxidation sites excluding steroid dienone is 2. The van der Waals surface area contributed by atoms with Gasteiger partial charge in [0, 0.05) is 17.8 Å². The molecule has 0 fully saturated rings. The van der Waals surface area contributed by atoms with Crippen LogP contribution < -0.4 is 5.32 Å². The average molecular weight is 304 g/mol. The first-order valence-electron chi connectivity index (χ1n) is 6.82. The fraction of sp³-hybridized carbons (Fsp3) is 0.333. The number of carbonyl (C=O) groups is 2. The number of carboxylic acids is 1. The molecule has 0 radical (unpaired) electrons. The summed E-state index contributed by atoms with van der Waals surface area (Å²) in [4.78, 5) is 33.6. The highest BCUT2D eigenvalue weighted by molar-refractivity contribution is 5.95. The fourth-order valence-corrected chi connectivity index (χ4v) is 2.51. The van der Waals surface area contributed by atoms with Gasteiger partial charge in [0.25, 0.3) is 5.69 Å². The van der Waals surface area contributed by atoms with Gasteiger partial charge in [0.05, 0.1) is 16.8 Å². The van der Waals surface area contributed by atoms with Crippen LogP contribution in [0.5, 0.6) is 0 Å². The predicted molar refractivity (Wildman–Crippen MR) is 79.3 cm³/mol. The molecule has 1 aromatic carbocycles. The van der Waals surface area contributed by atoms with Crippen molar-refractivity contribution in [1.29, 1.82) is 0 Å². The Balaban J connectivity index is 2.11. The SMILES string of the molecule is CC1=CC[C@H](C(=O)O)[C@H](C(=O)Nc2ccc([N+](=O)[O-])cc2)C1. The summed E-state index contributed by atoms with van der Waals surface area (Å²) in [6.45, 7) is 1.87. The lowest BCUT2D eigenvalue weighted by atomic mass is 9.79. The molecule has 0 saturated heterocycles. The zero-order valence-electron chi connectivity index (χ0n) is 12.0. The molecular formula is C15H16N2O5. The van der Waals surface area contributed by atoms with E-state index in [0.717, 1.165) is 5.57 Å². The first-order chi connectivity index (χ1) is 10.4. The van der Waals surface area contributed by atoms with Gasteiger partial charge in [-0.25, -0.2) is 0 Å². The summed E-state index contributed by atoms with van der Waals surface area (Å²) < 4.78 is 0. The second-order valence-corrected chi connectivity index (χ2v) is 5.33. The number of nitro groups is 1. The van der Waals surface area contributed by atoms with Crippen LogP contribution in [0.15, 0.2) is 35.9 Å². The number of nitro benzene ring substituents is 1. The molecule has 2 N–H and O–H groups in total. The van der Waals surface area contributed by atoms with Crippen LogP contribution >= 0.6 is 0 Å². The monoisotopic (exact) mass is 304 g/mol. The van der Waals surface area contributed by atoms with Gasteiger partial charge in [-0.1, -0.05) is 11.6 Å². The third-order valence-electron chi connectivity index (χ3n) is 3.75. The lowest BCUT2D eigenvalue weighted by Crippen LogP contribution is -2.35. The van der Waals surface area contributed by atoms with Crippen molar-refractivity contribution in [1.82, 2.24) is 0 Å². The third kappa shape index (κ3) is 3.49. The topological polar surface area (TPSA) is 110 Å². The molecule has 1 amide bonds. The highest BCUT2D eigenvalue weighted by Gasteiger charge is 2.35. The van der Waals surface area contributed by atoms with Gasteiger partial charge in [0.15, 0.2) is 0 Å². The van der Waals surface area contributed by atoms with Crippen molar-refractivity contribution in [2.24, 2.45) is 11.8 Å². The Labute approximate surface area is 126 Å². The van der Waals surface area contributed by atoms with E-state index >= 15 is 0 Å². The van der Waals surface area contributed by atoms with Gasteiger partial charge in [-0.2, -0.15) is 0 Å². The van der Waals surface area contributed by atoms with E-state index in [-0.39, 0.29) is 11.6 Å². The number of nitrogens with zero attached hydrogens (tertiary/aromatic N) is 1. The minimum Gasteiger partial charge on any atom is -0.481 e. The number of amides is 1. The first-order valence-corrected chi connectivity index (χ1v) is 6.82. The molecule has 0 aromatic heterocycles. The number of benzene rings is 1. The molecule has 2 rings (SSSR count). The molecule has 116 valence electrons. The fourth-order valence-electron chi connectivity index (χ4n) is 2.51. The maximum absolute atomic E-state index is 12.3. The van der Waals surface area contributed by atoms with Crippen molar-refractivity contribution >= 4 is 23.3 Å². The van der Waals surface area contributed by atoms with E-state index in [2.05, 4.69) is 5.32 Å². The molecule has 1 aliphatic rings. The van der Waals surface area contributed by atoms with Gasteiger partial charge in [-0.15, -0.1) is 0 Å². The Bertz CT molecular complexity index is 636. The van der Waals surface area contributed by atoms with Crippen LogP contribution in [0, 0.1) is 22.0 Å². The molecule has 22 heavy (non-hydrogen) atoms. The average Bonchev–Trinajstić information content (AvgIpc) is 2.47. The van der Waals surface area contributed by atoms with Gasteiger partial charge in [-0.3, -0.25) is 19.7 Å². The molecule has 0 spiro atoms. The Morgan fingerprint density at radius 3 is 2.45 bits per heavy atom. The van der Waals surface area contributed by atoms with E-state index in [1.807, 2.05) is 13.0 Å². The molecule has 2 atom stereocenters. The van der Waals surface area contributed by atoms with Crippen LogP contribution in [0.3, 0.4) is 0 Å². The Kier molecular flexibility index (Phi) is 4.55. The summed E-state index contributed by atoms with van der Waals surface area (Å²) in [7, 11) is 0. The number of rotatable bonds is 4. The van der Waals surface area contributed by atoms with Gasteiger partial charge >= 0.3 is 5.97 Å². The minimum atomic E-state index is -0.993. The van der Waals surface area contributed by atoms with Crippen molar-refractivity contribution in [3.8, 4) is 0 Å². The third-order valence-corrected chi connectivity index (χ3v) is 3.75. The van der Waals surface area contributed by atoms with Crippen LogP contribution in [-0.2, 0) is 9.59 Å². The van der Waals surface area contributed by atoms with E-state index in [0.29, 0.717) is 18.5 Å². The lowest BCUT2D eigenvalue weighted by Gasteiger charge is -2.26. The Hall–Kier alpha value is -2.70. The van der Waals surface area contributed by atoms with Crippen LogP contribution in [0.25, 0.3) is 0 Å². The largest absolute Gasteiger partial charge is 0.481 e. The molecule has 0 heterocycles. The highest BCUT2D eigenvalue weighted by Crippen LogP contribution is 2.31. The predicted octanol–water partition coefficient (Wildman–Crippen LogP) is 2.59. The van der Waals surface area contributed by atoms with Crippen molar-refractivity contribution in [3.05, 3.63) is 46.0 Å². The van der Waals surface area contributed by atoms with E-state index in [1.54, 1.807) is 0 Å². The van der Waals surface area contributed by atoms with Crippen molar-refractivity contribution in [3.63, 3.8) is 0 Å². The number of nitrogens with one attached hydrogen (secondary N) is 1. The van der Waals surface area contributed by atoms with Crippen LogP contribution in [0.2, 0.25) is 0 Å². The summed E-state index contributed by atoms with van der Waals surface area (Å²) in [6, 6.07) is 5.43. The molecule has 0 unspecified atom stereocenters. The molecule has 1 aliphatic carbocycles. The molecule has 7 nitrogen and oxygen atoms in total. The standard InChI is InChI=1S/C15H16N2O5/c1-9-2-7-12(15(19)20)13(8-9)14(18)16-10-3-5-11(6-4-10)17(21)22/h2-6,12-13H,7-8H2,1H3,(H,16,18)(H,19,20)/t12-,13+/m0/s1.